The molecule has 3 atom stereocenters. The highest BCUT2D eigenvalue weighted by Crippen LogP contribution is 2.44. The van der Waals surface area contributed by atoms with Gasteiger partial charge in [-0.1, -0.05) is 29.3 Å². The molecular weight excluding hydrogens is 347 g/mol. The van der Waals surface area contributed by atoms with E-state index in [1.807, 2.05) is 5.38 Å². The maximum atomic E-state index is 12.4. The van der Waals surface area contributed by atoms with Gasteiger partial charge in [-0.15, -0.1) is 11.3 Å². The Hall–Kier alpha value is -0.880. The second kappa shape index (κ2) is 7.13. The van der Waals surface area contributed by atoms with Crippen LogP contribution in [0.1, 0.15) is 24.6 Å². The average Bonchev–Trinajstić information content (AvgIpc) is 2.91. The van der Waals surface area contributed by atoms with Crippen molar-refractivity contribution in [1.82, 2.24) is 0 Å². The monoisotopic (exact) mass is 362 g/mol. The number of ketones is 1. The molecule has 1 N–H and O–H groups in total. The molecule has 0 saturated heterocycles. The maximum absolute atomic E-state index is 12.4. The van der Waals surface area contributed by atoms with Crippen LogP contribution in [0, 0.1) is 11.8 Å². The summed E-state index contributed by atoms with van der Waals surface area (Å²) in [6.45, 7) is 1.86. The lowest BCUT2D eigenvalue weighted by Gasteiger charge is -2.38. The summed E-state index contributed by atoms with van der Waals surface area (Å²) in [5.41, 5.74) is -1.31. The smallest absolute Gasteiger partial charge is 0.317 e. The van der Waals surface area contributed by atoms with Crippen LogP contribution in [0.15, 0.2) is 28.1 Å². The second-order valence-corrected chi connectivity index (χ2v) is 7.16. The zero-order valence-corrected chi connectivity index (χ0v) is 14.2. The first-order valence-corrected chi connectivity index (χ1v) is 8.49. The summed E-state index contributed by atoms with van der Waals surface area (Å²) in [7, 11) is 0. The van der Waals surface area contributed by atoms with E-state index in [1.54, 1.807) is 19.1 Å². The van der Waals surface area contributed by atoms with Crippen molar-refractivity contribution in [3.8, 4) is 0 Å². The number of esters is 1. The molecule has 120 valence electrons. The summed E-state index contributed by atoms with van der Waals surface area (Å²) < 4.78 is 4.93. The van der Waals surface area contributed by atoms with E-state index in [9.17, 15) is 14.7 Å². The van der Waals surface area contributed by atoms with Gasteiger partial charge >= 0.3 is 5.97 Å². The van der Waals surface area contributed by atoms with Gasteiger partial charge < -0.3 is 9.84 Å². The summed E-state index contributed by atoms with van der Waals surface area (Å²) in [5, 5.41) is 12.7. The maximum Gasteiger partial charge on any atom is 0.317 e. The predicted octanol–water partition coefficient (Wildman–Crippen LogP) is 3.41. The molecule has 4 nitrogen and oxygen atoms in total. The summed E-state index contributed by atoms with van der Waals surface area (Å²) in [4.78, 5) is 25.2. The fourth-order valence-electron chi connectivity index (χ4n) is 2.80. The van der Waals surface area contributed by atoms with E-state index in [0.29, 0.717) is 4.88 Å². The molecule has 0 unspecified atom stereocenters. The predicted molar refractivity (Wildman–Crippen MR) is 85.9 cm³/mol. The van der Waals surface area contributed by atoms with E-state index in [0.717, 1.165) is 0 Å². The number of allylic oxidation sites excluding steroid dienone is 1. The lowest BCUT2D eigenvalue weighted by molar-refractivity contribution is -0.159. The van der Waals surface area contributed by atoms with Crippen LogP contribution in [0.25, 0.3) is 0 Å². The minimum atomic E-state index is -1.31. The van der Waals surface area contributed by atoms with E-state index in [-0.39, 0.29) is 29.7 Å². The molecule has 22 heavy (non-hydrogen) atoms. The van der Waals surface area contributed by atoms with E-state index >= 15 is 0 Å². The molecule has 1 aromatic rings. The third-order valence-electron chi connectivity index (χ3n) is 3.68. The molecule has 0 radical (unpaired) electrons. The molecule has 1 fully saturated rings. The molecule has 1 heterocycles. The van der Waals surface area contributed by atoms with Crippen LogP contribution in [-0.2, 0) is 19.9 Å². The molecule has 0 bridgehead atoms. The van der Waals surface area contributed by atoms with Crippen LogP contribution >= 0.6 is 34.5 Å². The number of thiophene rings is 1. The first kappa shape index (κ1) is 17.5. The molecule has 0 spiro atoms. The number of hydrogen-bond acceptors (Lipinski definition) is 5. The zero-order chi connectivity index (χ0) is 16.3. The Kier molecular flexibility index (Phi) is 5.66. The molecular formula is C15H16Cl2O4S. The number of aliphatic hydroxyl groups is 1. The quantitative estimate of drug-likeness (QED) is 0.658. The van der Waals surface area contributed by atoms with Crippen molar-refractivity contribution < 1.29 is 19.4 Å². The van der Waals surface area contributed by atoms with Gasteiger partial charge in [0.05, 0.1) is 6.61 Å². The molecule has 0 aliphatic heterocycles. The van der Waals surface area contributed by atoms with Gasteiger partial charge in [-0.3, -0.25) is 9.59 Å². The molecule has 7 heteroatoms. The average molecular weight is 363 g/mol. The highest BCUT2D eigenvalue weighted by Gasteiger charge is 2.48. The number of hydrogen-bond donors (Lipinski definition) is 1. The topological polar surface area (TPSA) is 63.6 Å². The Balaban J connectivity index is 2.34. The standard InChI is InChI=1S/C15H16Cl2O4S/c1-2-21-14(19)13-9(6-12(16)17)7-15(20,8-10(13)18)11-4-3-5-22-11/h3-6,9,13,20H,2,7-8H2,1H3/t9-,13+,15-/m1/s1. The minimum Gasteiger partial charge on any atom is -0.465 e. The van der Waals surface area contributed by atoms with Gasteiger partial charge in [-0.2, -0.15) is 0 Å². The number of ether oxygens (including phenoxy) is 1. The van der Waals surface area contributed by atoms with Crippen LogP contribution < -0.4 is 0 Å². The van der Waals surface area contributed by atoms with Gasteiger partial charge in [0, 0.05) is 17.2 Å². The number of Topliss-reactive ketones (excluding diaryl/α,β-unsaturated/α-hetero) is 1. The lowest BCUT2D eigenvalue weighted by Crippen LogP contribution is -2.45. The van der Waals surface area contributed by atoms with E-state index < -0.39 is 23.4 Å². The highest BCUT2D eigenvalue weighted by atomic mass is 35.5. The van der Waals surface area contributed by atoms with Crippen molar-refractivity contribution in [2.75, 3.05) is 6.61 Å². The lowest BCUT2D eigenvalue weighted by atomic mass is 9.70. The van der Waals surface area contributed by atoms with Crippen molar-refractivity contribution in [2.24, 2.45) is 11.8 Å². The van der Waals surface area contributed by atoms with Crippen molar-refractivity contribution >= 4 is 46.3 Å². The number of carbonyl (C=O) groups is 2. The van der Waals surface area contributed by atoms with Crippen LogP contribution in [0.3, 0.4) is 0 Å². The highest BCUT2D eigenvalue weighted by molar-refractivity contribution is 7.10. The first-order valence-electron chi connectivity index (χ1n) is 6.86. The SMILES string of the molecule is CCOC(=O)[C@@H]1C(=O)C[C@@](O)(c2cccs2)C[C@H]1C=C(Cl)Cl. The fraction of sp³-hybridized carbons (Fsp3) is 0.467. The van der Waals surface area contributed by atoms with Crippen LogP contribution in [0.2, 0.25) is 0 Å². The van der Waals surface area contributed by atoms with Crippen molar-refractivity contribution in [2.45, 2.75) is 25.4 Å². The molecule has 1 aliphatic carbocycles. The fourth-order valence-corrected chi connectivity index (χ4v) is 3.96. The second-order valence-electron chi connectivity index (χ2n) is 5.21. The number of carbonyl (C=O) groups excluding carboxylic acids is 2. The van der Waals surface area contributed by atoms with Crippen molar-refractivity contribution in [1.29, 1.82) is 0 Å². The van der Waals surface area contributed by atoms with Crippen molar-refractivity contribution in [3.05, 3.63) is 33.0 Å². The van der Waals surface area contributed by atoms with Gasteiger partial charge in [0.25, 0.3) is 0 Å². The van der Waals surface area contributed by atoms with Crippen LogP contribution in [0.5, 0.6) is 0 Å². The Bertz CT molecular complexity index is 580. The summed E-state index contributed by atoms with van der Waals surface area (Å²) >= 11 is 12.8. The van der Waals surface area contributed by atoms with Gasteiger partial charge in [0.15, 0.2) is 5.78 Å². The van der Waals surface area contributed by atoms with E-state index in [4.69, 9.17) is 27.9 Å². The molecule has 1 saturated carbocycles. The summed E-state index contributed by atoms with van der Waals surface area (Å²) in [5.74, 6) is -2.54. The first-order chi connectivity index (χ1) is 10.4. The van der Waals surface area contributed by atoms with Crippen LogP contribution in [-0.4, -0.2) is 23.5 Å². The van der Waals surface area contributed by atoms with E-state index in [2.05, 4.69) is 0 Å². The Morgan fingerprint density at radius 1 is 1.59 bits per heavy atom. The number of rotatable bonds is 4. The largest absolute Gasteiger partial charge is 0.465 e. The Labute approximate surface area is 142 Å². The summed E-state index contributed by atoms with van der Waals surface area (Å²) in [6.07, 6.45) is 1.49. The molecule has 2 rings (SSSR count). The molecule has 0 amide bonds. The van der Waals surface area contributed by atoms with E-state index in [1.165, 1.54) is 17.4 Å². The van der Waals surface area contributed by atoms with Gasteiger partial charge in [0.1, 0.15) is 16.0 Å². The third kappa shape index (κ3) is 3.71. The van der Waals surface area contributed by atoms with Crippen molar-refractivity contribution in [3.63, 3.8) is 0 Å². The molecule has 0 aromatic carbocycles. The van der Waals surface area contributed by atoms with Gasteiger partial charge in [-0.05, 0) is 30.9 Å². The Morgan fingerprint density at radius 2 is 2.32 bits per heavy atom. The van der Waals surface area contributed by atoms with Gasteiger partial charge in [0.2, 0.25) is 0 Å². The number of halogens is 2. The third-order valence-corrected chi connectivity index (χ3v) is 4.99. The van der Waals surface area contributed by atoms with Crippen LogP contribution in [0.4, 0.5) is 0 Å². The zero-order valence-electron chi connectivity index (χ0n) is 11.9. The Morgan fingerprint density at radius 3 is 2.86 bits per heavy atom. The minimum absolute atomic E-state index is 0.0393. The molecule has 1 aliphatic rings. The van der Waals surface area contributed by atoms with Gasteiger partial charge in [-0.25, -0.2) is 0 Å². The summed E-state index contributed by atoms with van der Waals surface area (Å²) in [6, 6.07) is 3.57. The molecule has 1 aromatic heterocycles. The normalized spacial score (nSPS) is 28.3.